The van der Waals surface area contributed by atoms with Gasteiger partial charge in [-0.3, -0.25) is 0 Å². The maximum absolute atomic E-state index is 3.47. The number of hydrogen-bond donors (Lipinski definition) is 2. The van der Waals surface area contributed by atoms with Crippen LogP contribution in [-0.4, -0.2) is 18.1 Å². The fourth-order valence-corrected chi connectivity index (χ4v) is 2.84. The van der Waals surface area contributed by atoms with Crippen molar-refractivity contribution in [1.29, 1.82) is 0 Å². The van der Waals surface area contributed by atoms with Crippen LogP contribution < -0.4 is 5.32 Å². The molecule has 2 aromatic rings. The fraction of sp³-hybridized carbons (Fsp3) is 0.429. The second kappa shape index (κ2) is 3.63. The molecular weight excluding hydrogens is 196 g/mol. The van der Waals surface area contributed by atoms with E-state index in [2.05, 4.69) is 42.3 Å². The highest BCUT2D eigenvalue weighted by Gasteiger charge is 2.20. The first kappa shape index (κ1) is 9.91. The molecule has 2 heterocycles. The Labute approximate surface area is 96.1 Å². The van der Waals surface area contributed by atoms with Crippen molar-refractivity contribution in [2.75, 3.05) is 13.1 Å². The summed E-state index contributed by atoms with van der Waals surface area (Å²) in [5.41, 5.74) is 5.52. The molecule has 1 aromatic carbocycles. The van der Waals surface area contributed by atoms with Gasteiger partial charge < -0.3 is 10.3 Å². The van der Waals surface area contributed by atoms with Gasteiger partial charge in [0.1, 0.15) is 0 Å². The average molecular weight is 214 g/mol. The molecule has 1 aliphatic rings. The van der Waals surface area contributed by atoms with Gasteiger partial charge in [0.2, 0.25) is 0 Å². The van der Waals surface area contributed by atoms with Crippen molar-refractivity contribution in [3.63, 3.8) is 0 Å². The molecule has 0 radical (unpaired) electrons. The van der Waals surface area contributed by atoms with E-state index in [9.17, 15) is 0 Å². The number of rotatable bonds is 1. The number of aromatic nitrogens is 1. The van der Waals surface area contributed by atoms with Crippen LogP contribution in [0.1, 0.15) is 29.2 Å². The Kier molecular flexibility index (Phi) is 2.25. The first-order chi connectivity index (χ1) is 7.77. The summed E-state index contributed by atoms with van der Waals surface area (Å²) in [5, 5.41) is 4.90. The third-order valence-corrected chi connectivity index (χ3v) is 3.86. The number of aryl methyl sites for hydroxylation is 2. The minimum atomic E-state index is 0.692. The van der Waals surface area contributed by atoms with E-state index in [-0.39, 0.29) is 0 Å². The minimum absolute atomic E-state index is 0.692. The van der Waals surface area contributed by atoms with Gasteiger partial charge in [-0.15, -0.1) is 0 Å². The normalized spacial score (nSPS) is 20.8. The van der Waals surface area contributed by atoms with Crippen LogP contribution >= 0.6 is 0 Å². The van der Waals surface area contributed by atoms with E-state index in [1.807, 2.05) is 0 Å². The van der Waals surface area contributed by atoms with Crippen molar-refractivity contribution >= 4 is 10.9 Å². The second-order valence-electron chi connectivity index (χ2n) is 4.83. The molecule has 0 amide bonds. The summed E-state index contributed by atoms with van der Waals surface area (Å²) in [4.78, 5) is 3.47. The van der Waals surface area contributed by atoms with E-state index in [0.29, 0.717) is 5.92 Å². The van der Waals surface area contributed by atoms with E-state index < -0.39 is 0 Å². The SMILES string of the molecule is Cc1[nH]c2cccc(C3CCNC3)c2c1C. The van der Waals surface area contributed by atoms with E-state index in [4.69, 9.17) is 0 Å². The molecule has 1 atom stereocenters. The first-order valence-electron chi connectivity index (χ1n) is 6.06. The fourth-order valence-electron chi connectivity index (χ4n) is 2.84. The van der Waals surface area contributed by atoms with E-state index in [0.717, 1.165) is 13.1 Å². The number of fused-ring (bicyclic) bond motifs is 1. The number of H-pyrrole nitrogens is 1. The lowest BCUT2D eigenvalue weighted by atomic mass is 9.93. The molecule has 1 fully saturated rings. The zero-order chi connectivity index (χ0) is 11.1. The summed E-state index contributed by atoms with van der Waals surface area (Å²) in [5.74, 6) is 0.692. The predicted molar refractivity (Wildman–Crippen MR) is 68.0 cm³/mol. The van der Waals surface area contributed by atoms with E-state index in [1.165, 1.54) is 34.1 Å². The number of benzene rings is 1. The highest BCUT2D eigenvalue weighted by molar-refractivity contribution is 5.88. The van der Waals surface area contributed by atoms with Gasteiger partial charge in [0, 0.05) is 23.1 Å². The van der Waals surface area contributed by atoms with E-state index >= 15 is 0 Å². The lowest BCUT2D eigenvalue weighted by Gasteiger charge is -2.11. The van der Waals surface area contributed by atoms with Crippen LogP contribution in [0.2, 0.25) is 0 Å². The quantitative estimate of drug-likeness (QED) is 0.750. The lowest BCUT2D eigenvalue weighted by Crippen LogP contribution is -2.08. The summed E-state index contributed by atoms with van der Waals surface area (Å²) in [6.07, 6.45) is 1.27. The zero-order valence-corrected chi connectivity index (χ0v) is 9.93. The highest BCUT2D eigenvalue weighted by atomic mass is 14.9. The Morgan fingerprint density at radius 2 is 2.12 bits per heavy atom. The number of nitrogens with one attached hydrogen (secondary N) is 2. The zero-order valence-electron chi connectivity index (χ0n) is 9.93. The molecule has 16 heavy (non-hydrogen) atoms. The molecule has 0 bridgehead atoms. The summed E-state index contributed by atoms with van der Waals surface area (Å²) in [7, 11) is 0. The van der Waals surface area contributed by atoms with Gasteiger partial charge in [-0.2, -0.15) is 0 Å². The van der Waals surface area contributed by atoms with Crippen LogP contribution in [0.5, 0.6) is 0 Å². The van der Waals surface area contributed by atoms with Crippen molar-refractivity contribution in [1.82, 2.24) is 10.3 Å². The third kappa shape index (κ3) is 1.37. The Hall–Kier alpha value is -1.28. The molecular formula is C14H18N2. The van der Waals surface area contributed by atoms with Gasteiger partial charge in [0.05, 0.1) is 0 Å². The largest absolute Gasteiger partial charge is 0.358 e. The molecule has 0 saturated carbocycles. The predicted octanol–water partition coefficient (Wildman–Crippen LogP) is 2.86. The summed E-state index contributed by atoms with van der Waals surface area (Å²) < 4.78 is 0. The second-order valence-corrected chi connectivity index (χ2v) is 4.83. The molecule has 2 N–H and O–H groups in total. The van der Waals surface area contributed by atoms with Crippen molar-refractivity contribution < 1.29 is 0 Å². The molecule has 1 saturated heterocycles. The van der Waals surface area contributed by atoms with Crippen LogP contribution in [0.25, 0.3) is 10.9 Å². The van der Waals surface area contributed by atoms with Crippen LogP contribution in [0, 0.1) is 13.8 Å². The summed E-state index contributed by atoms with van der Waals surface area (Å²) >= 11 is 0. The Balaban J connectivity index is 2.23. The van der Waals surface area contributed by atoms with E-state index in [1.54, 1.807) is 0 Å². The Morgan fingerprint density at radius 3 is 2.88 bits per heavy atom. The molecule has 2 heteroatoms. The van der Waals surface area contributed by atoms with Crippen LogP contribution in [0.4, 0.5) is 0 Å². The number of hydrogen-bond acceptors (Lipinski definition) is 1. The van der Waals surface area contributed by atoms with Crippen LogP contribution in [0.3, 0.4) is 0 Å². The summed E-state index contributed by atoms with van der Waals surface area (Å²) in [6.45, 7) is 6.67. The van der Waals surface area contributed by atoms with Crippen LogP contribution in [0.15, 0.2) is 18.2 Å². The molecule has 84 valence electrons. The monoisotopic (exact) mass is 214 g/mol. The van der Waals surface area contributed by atoms with Gasteiger partial charge in [0.15, 0.2) is 0 Å². The molecule has 0 aliphatic carbocycles. The van der Waals surface area contributed by atoms with Gasteiger partial charge >= 0.3 is 0 Å². The van der Waals surface area contributed by atoms with Gasteiger partial charge in [-0.1, -0.05) is 12.1 Å². The smallest absolute Gasteiger partial charge is 0.0461 e. The van der Waals surface area contributed by atoms with Crippen LogP contribution in [-0.2, 0) is 0 Å². The van der Waals surface area contributed by atoms with Crippen molar-refractivity contribution in [2.24, 2.45) is 0 Å². The first-order valence-corrected chi connectivity index (χ1v) is 6.06. The Morgan fingerprint density at radius 1 is 1.25 bits per heavy atom. The molecule has 3 rings (SSSR count). The van der Waals surface area contributed by atoms with Crippen molar-refractivity contribution in [3.8, 4) is 0 Å². The highest BCUT2D eigenvalue weighted by Crippen LogP contribution is 2.32. The van der Waals surface area contributed by atoms with Gasteiger partial charge in [-0.25, -0.2) is 0 Å². The molecule has 1 unspecified atom stereocenters. The average Bonchev–Trinajstić information content (AvgIpc) is 2.88. The molecule has 1 aliphatic heterocycles. The standard InChI is InChI=1S/C14H18N2/c1-9-10(2)16-13-5-3-4-12(14(9)13)11-6-7-15-8-11/h3-5,11,15-16H,6-8H2,1-2H3. The van der Waals surface area contributed by atoms with Crippen molar-refractivity contribution in [3.05, 3.63) is 35.0 Å². The van der Waals surface area contributed by atoms with Gasteiger partial charge in [-0.05, 0) is 49.9 Å². The maximum Gasteiger partial charge on any atom is 0.0461 e. The molecule has 1 aromatic heterocycles. The Bertz CT molecular complexity index is 519. The minimum Gasteiger partial charge on any atom is -0.358 e. The molecule has 2 nitrogen and oxygen atoms in total. The number of aromatic amines is 1. The molecule has 0 spiro atoms. The third-order valence-electron chi connectivity index (χ3n) is 3.86. The maximum atomic E-state index is 3.47. The van der Waals surface area contributed by atoms with Gasteiger partial charge in [0.25, 0.3) is 0 Å². The summed E-state index contributed by atoms with van der Waals surface area (Å²) in [6, 6.07) is 6.65. The lowest BCUT2D eigenvalue weighted by molar-refractivity contribution is 0.770. The topological polar surface area (TPSA) is 27.8 Å². The van der Waals surface area contributed by atoms with Crippen molar-refractivity contribution in [2.45, 2.75) is 26.2 Å².